The number of urea groups is 1. The van der Waals surface area contributed by atoms with Gasteiger partial charge in [-0.1, -0.05) is 12.1 Å². The van der Waals surface area contributed by atoms with Crippen molar-refractivity contribution in [2.75, 3.05) is 38.2 Å². The Balaban J connectivity index is 1.51. The first-order valence-corrected chi connectivity index (χ1v) is 8.55. The monoisotopic (exact) mass is 342 g/mol. The van der Waals surface area contributed by atoms with Gasteiger partial charge in [-0.15, -0.1) is 0 Å². The van der Waals surface area contributed by atoms with Crippen molar-refractivity contribution < 1.29 is 14.3 Å². The number of para-hydroxylation sites is 2. The molecule has 7 nitrogen and oxygen atoms in total. The van der Waals surface area contributed by atoms with E-state index in [-0.39, 0.29) is 11.6 Å². The number of carbonyl (C=O) groups is 1. The van der Waals surface area contributed by atoms with Crippen molar-refractivity contribution in [2.24, 2.45) is 0 Å². The van der Waals surface area contributed by atoms with E-state index in [1.54, 1.807) is 4.68 Å². The van der Waals surface area contributed by atoms with Gasteiger partial charge in [0.05, 0.1) is 36.8 Å². The summed E-state index contributed by atoms with van der Waals surface area (Å²) in [5.74, 6) is 0. The van der Waals surface area contributed by atoms with E-state index in [0.29, 0.717) is 32.9 Å². The molecule has 1 N–H and O–H groups in total. The third kappa shape index (κ3) is 3.25. The van der Waals surface area contributed by atoms with Gasteiger partial charge in [-0.05, 0) is 25.1 Å². The molecule has 1 unspecified atom stereocenters. The van der Waals surface area contributed by atoms with E-state index in [2.05, 4.69) is 10.4 Å². The Morgan fingerprint density at radius 3 is 2.92 bits per heavy atom. The molecule has 0 aliphatic carbocycles. The number of hydrogen-bond donors (Lipinski definition) is 1. The molecule has 1 aromatic carbocycles. The molecular formula is C18H22N4O3. The van der Waals surface area contributed by atoms with Gasteiger partial charge in [-0.25, -0.2) is 9.48 Å². The van der Waals surface area contributed by atoms with Crippen LogP contribution < -0.4 is 5.32 Å². The van der Waals surface area contributed by atoms with Crippen molar-refractivity contribution in [3.8, 4) is 5.69 Å². The molecule has 1 atom stereocenters. The molecular weight excluding hydrogens is 320 g/mol. The summed E-state index contributed by atoms with van der Waals surface area (Å²) in [7, 11) is 0. The lowest BCUT2D eigenvalue weighted by atomic mass is 10.0. The number of nitrogens with zero attached hydrogens (tertiary/aromatic N) is 3. The Hall–Kier alpha value is -2.38. The highest BCUT2D eigenvalue weighted by molar-refractivity contribution is 5.91. The fraction of sp³-hybridized carbons (Fsp3) is 0.444. The molecule has 0 bridgehead atoms. The Morgan fingerprint density at radius 1 is 1.28 bits per heavy atom. The fourth-order valence-corrected chi connectivity index (χ4v) is 3.37. The number of carbonyl (C=O) groups excluding carboxylic acids is 1. The summed E-state index contributed by atoms with van der Waals surface area (Å²) in [5.41, 5.74) is 2.17. The number of benzene rings is 1. The van der Waals surface area contributed by atoms with Crippen LogP contribution in [0, 0.1) is 6.92 Å². The van der Waals surface area contributed by atoms with Crippen LogP contribution in [0.1, 0.15) is 12.1 Å². The summed E-state index contributed by atoms with van der Waals surface area (Å²) in [6, 6.07) is 9.48. The van der Waals surface area contributed by atoms with Crippen LogP contribution >= 0.6 is 0 Å². The van der Waals surface area contributed by atoms with Gasteiger partial charge in [-0.2, -0.15) is 5.10 Å². The second-order valence-corrected chi connectivity index (χ2v) is 6.60. The molecule has 2 fully saturated rings. The molecule has 7 heteroatoms. The molecule has 2 aliphatic heterocycles. The number of aryl methyl sites for hydroxylation is 1. The molecule has 0 saturated carbocycles. The first-order chi connectivity index (χ1) is 12.2. The molecule has 25 heavy (non-hydrogen) atoms. The topological polar surface area (TPSA) is 68.6 Å². The number of hydrogen-bond acceptors (Lipinski definition) is 4. The summed E-state index contributed by atoms with van der Waals surface area (Å²) >= 11 is 0. The van der Waals surface area contributed by atoms with E-state index in [4.69, 9.17) is 9.47 Å². The van der Waals surface area contributed by atoms with Gasteiger partial charge in [0.25, 0.3) is 0 Å². The smallest absolute Gasteiger partial charge is 0.322 e. The predicted molar refractivity (Wildman–Crippen MR) is 93.0 cm³/mol. The second kappa shape index (κ2) is 6.50. The van der Waals surface area contributed by atoms with Crippen LogP contribution in [0.15, 0.2) is 36.5 Å². The second-order valence-electron chi connectivity index (χ2n) is 6.60. The first-order valence-electron chi connectivity index (χ1n) is 8.55. The molecule has 0 radical (unpaired) electrons. The lowest BCUT2D eigenvalue weighted by molar-refractivity contribution is -0.0964. The zero-order chi connectivity index (χ0) is 17.3. The molecule has 2 aliphatic rings. The van der Waals surface area contributed by atoms with E-state index < -0.39 is 0 Å². The maximum absolute atomic E-state index is 12.8. The third-order valence-electron chi connectivity index (χ3n) is 4.72. The van der Waals surface area contributed by atoms with Crippen LogP contribution in [0.25, 0.3) is 5.69 Å². The zero-order valence-corrected chi connectivity index (χ0v) is 14.3. The van der Waals surface area contributed by atoms with E-state index in [1.807, 2.05) is 48.4 Å². The minimum Gasteiger partial charge on any atom is -0.378 e. The van der Waals surface area contributed by atoms with Gasteiger partial charge in [-0.3, -0.25) is 0 Å². The van der Waals surface area contributed by atoms with Crippen LogP contribution in [0.3, 0.4) is 0 Å². The normalized spacial score (nSPS) is 23.2. The van der Waals surface area contributed by atoms with Crippen molar-refractivity contribution in [2.45, 2.75) is 18.9 Å². The van der Waals surface area contributed by atoms with Crippen molar-refractivity contribution in [1.82, 2.24) is 14.7 Å². The van der Waals surface area contributed by atoms with E-state index in [0.717, 1.165) is 23.5 Å². The number of aromatic nitrogens is 2. The van der Waals surface area contributed by atoms with Gasteiger partial charge in [0.2, 0.25) is 0 Å². The number of ether oxygens (including phenoxy) is 2. The van der Waals surface area contributed by atoms with Crippen LogP contribution in [0.2, 0.25) is 0 Å². The highest BCUT2D eigenvalue weighted by Gasteiger charge is 2.41. The first kappa shape index (κ1) is 16.1. The van der Waals surface area contributed by atoms with Crippen LogP contribution in [-0.4, -0.2) is 59.2 Å². The largest absolute Gasteiger partial charge is 0.378 e. The van der Waals surface area contributed by atoms with Gasteiger partial charge in [0.15, 0.2) is 0 Å². The van der Waals surface area contributed by atoms with E-state index in [1.165, 1.54) is 0 Å². The Kier molecular flexibility index (Phi) is 4.19. The standard InChI is InChI=1S/C18H22N4O3/c1-14-6-8-22(20-14)16-5-3-2-4-15(16)19-17(23)21-9-11-25-18(12-21)7-10-24-13-18/h2-6,8H,7,9-13H2,1H3,(H,19,23). The SMILES string of the molecule is Cc1ccn(-c2ccccc2NC(=O)N2CCOC3(CCOC3)C2)n1. The number of rotatable bonds is 2. The molecule has 1 aromatic heterocycles. The Bertz CT molecular complexity index is 767. The van der Waals surface area contributed by atoms with E-state index in [9.17, 15) is 4.79 Å². The number of nitrogens with one attached hydrogen (secondary N) is 1. The predicted octanol–water partition coefficient (Wildman–Crippen LogP) is 2.20. The maximum Gasteiger partial charge on any atom is 0.322 e. The molecule has 1 spiro atoms. The minimum atomic E-state index is -0.339. The lowest BCUT2D eigenvalue weighted by Crippen LogP contribution is -2.55. The quantitative estimate of drug-likeness (QED) is 0.908. The maximum atomic E-state index is 12.8. The van der Waals surface area contributed by atoms with Crippen LogP contribution in [0.5, 0.6) is 0 Å². The molecule has 132 valence electrons. The molecule has 2 amide bonds. The third-order valence-corrected chi connectivity index (χ3v) is 4.72. The van der Waals surface area contributed by atoms with Crippen LogP contribution in [-0.2, 0) is 9.47 Å². The van der Waals surface area contributed by atoms with Gasteiger partial charge < -0.3 is 19.7 Å². The summed E-state index contributed by atoms with van der Waals surface area (Å²) < 4.78 is 13.1. The molecule has 2 aromatic rings. The molecule has 3 heterocycles. The summed E-state index contributed by atoms with van der Waals surface area (Å²) in [6.45, 7) is 4.86. The van der Waals surface area contributed by atoms with Crippen molar-refractivity contribution in [1.29, 1.82) is 0 Å². The highest BCUT2D eigenvalue weighted by atomic mass is 16.6. The summed E-state index contributed by atoms with van der Waals surface area (Å²) in [6.07, 6.45) is 2.72. The van der Waals surface area contributed by atoms with Gasteiger partial charge in [0, 0.05) is 25.8 Å². The fourth-order valence-electron chi connectivity index (χ4n) is 3.37. The highest BCUT2D eigenvalue weighted by Crippen LogP contribution is 2.28. The lowest BCUT2D eigenvalue weighted by Gasteiger charge is -2.39. The Labute approximate surface area is 146 Å². The summed E-state index contributed by atoms with van der Waals surface area (Å²) in [5, 5.41) is 7.46. The van der Waals surface area contributed by atoms with Gasteiger partial charge in [0.1, 0.15) is 5.60 Å². The van der Waals surface area contributed by atoms with E-state index >= 15 is 0 Å². The van der Waals surface area contributed by atoms with Crippen molar-refractivity contribution >= 4 is 11.7 Å². The number of anilines is 1. The van der Waals surface area contributed by atoms with Gasteiger partial charge >= 0.3 is 6.03 Å². The van der Waals surface area contributed by atoms with Crippen LogP contribution in [0.4, 0.5) is 10.5 Å². The van der Waals surface area contributed by atoms with Crippen molar-refractivity contribution in [3.63, 3.8) is 0 Å². The number of amides is 2. The number of morpholine rings is 1. The molecule has 2 saturated heterocycles. The summed E-state index contributed by atoms with van der Waals surface area (Å²) in [4.78, 5) is 14.6. The average Bonchev–Trinajstić information content (AvgIpc) is 3.25. The average molecular weight is 342 g/mol. The minimum absolute atomic E-state index is 0.120. The zero-order valence-electron chi connectivity index (χ0n) is 14.3. The van der Waals surface area contributed by atoms with Crippen molar-refractivity contribution in [3.05, 3.63) is 42.2 Å². The molecule has 4 rings (SSSR count). The Morgan fingerprint density at radius 2 is 2.16 bits per heavy atom.